The molecule has 0 bridgehead atoms. The molecule has 0 amide bonds. The Kier molecular flexibility index (Phi) is 7.15. The summed E-state index contributed by atoms with van der Waals surface area (Å²) in [4.78, 5) is 10.8. The molecule has 30 heavy (non-hydrogen) atoms. The van der Waals surface area contributed by atoms with Gasteiger partial charge in [0.15, 0.2) is 5.96 Å². The molecule has 1 aliphatic heterocycles. The smallest absolute Gasteiger partial charge is 0.416 e. The zero-order chi connectivity index (χ0) is 21.6. The molecule has 3 rings (SSSR count). The topological polar surface area (TPSA) is 59.0 Å². The van der Waals surface area contributed by atoms with Crippen LogP contribution in [-0.4, -0.2) is 49.2 Å². The summed E-state index contributed by atoms with van der Waals surface area (Å²) in [6.07, 6.45) is -3.19. The summed E-state index contributed by atoms with van der Waals surface area (Å²) in [6.45, 7) is 4.47. The third-order valence-corrected chi connectivity index (χ3v) is 4.71. The van der Waals surface area contributed by atoms with Gasteiger partial charge >= 0.3 is 6.18 Å². The number of nitrogens with zero attached hydrogens (tertiary/aromatic N) is 3. The first-order valence-electron chi connectivity index (χ1n) is 9.71. The molecular formula is C21H25F3N4O2. The van der Waals surface area contributed by atoms with Crippen molar-refractivity contribution in [1.29, 1.82) is 0 Å². The highest BCUT2D eigenvalue weighted by Crippen LogP contribution is 2.32. The second-order valence-corrected chi connectivity index (χ2v) is 6.81. The van der Waals surface area contributed by atoms with Crippen LogP contribution in [0.1, 0.15) is 29.7 Å². The predicted octanol–water partition coefficient (Wildman–Crippen LogP) is 3.65. The molecule has 0 saturated carbocycles. The molecule has 1 aromatic heterocycles. The van der Waals surface area contributed by atoms with Crippen LogP contribution in [0.5, 0.6) is 5.88 Å². The zero-order valence-corrected chi connectivity index (χ0v) is 16.9. The Morgan fingerprint density at radius 3 is 2.90 bits per heavy atom. The quantitative estimate of drug-likeness (QED) is 0.589. The number of methoxy groups -OCH3 is 1. The van der Waals surface area contributed by atoms with Gasteiger partial charge in [-0.3, -0.25) is 0 Å². The summed E-state index contributed by atoms with van der Waals surface area (Å²) in [5.41, 5.74) is 0.775. The maximum Gasteiger partial charge on any atom is 0.416 e. The van der Waals surface area contributed by atoms with Gasteiger partial charge in [0.05, 0.1) is 32.4 Å². The van der Waals surface area contributed by atoms with Crippen LogP contribution in [0, 0.1) is 0 Å². The van der Waals surface area contributed by atoms with E-state index >= 15 is 0 Å². The summed E-state index contributed by atoms with van der Waals surface area (Å²) in [5.74, 6) is 1.21. The van der Waals surface area contributed by atoms with Crippen LogP contribution in [0.3, 0.4) is 0 Å². The van der Waals surface area contributed by atoms with Gasteiger partial charge in [-0.2, -0.15) is 13.2 Å². The van der Waals surface area contributed by atoms with Crippen LogP contribution in [0.4, 0.5) is 13.2 Å². The number of aliphatic imine (C=N–C) groups is 1. The summed E-state index contributed by atoms with van der Waals surface area (Å²) in [6, 6.07) is 8.98. The molecule has 1 fully saturated rings. The van der Waals surface area contributed by atoms with Gasteiger partial charge in [0, 0.05) is 25.4 Å². The van der Waals surface area contributed by atoms with Crippen molar-refractivity contribution in [1.82, 2.24) is 15.2 Å². The number of rotatable bonds is 5. The minimum atomic E-state index is -4.38. The first kappa shape index (κ1) is 21.9. The second kappa shape index (κ2) is 9.80. The molecule has 0 radical (unpaired) electrons. The lowest BCUT2D eigenvalue weighted by Gasteiger charge is -2.35. The van der Waals surface area contributed by atoms with Crippen LogP contribution in [0.15, 0.2) is 47.6 Å². The number of hydrogen-bond donors (Lipinski definition) is 1. The number of morpholine rings is 1. The number of pyridine rings is 1. The predicted molar refractivity (Wildman–Crippen MR) is 107 cm³/mol. The number of halogens is 3. The van der Waals surface area contributed by atoms with E-state index in [4.69, 9.17) is 9.47 Å². The fraction of sp³-hybridized carbons (Fsp3) is 0.429. The van der Waals surface area contributed by atoms with Crippen LogP contribution >= 0.6 is 0 Å². The highest BCUT2D eigenvalue weighted by Gasteiger charge is 2.32. The van der Waals surface area contributed by atoms with Gasteiger partial charge in [0.1, 0.15) is 6.10 Å². The molecule has 1 aromatic carbocycles. The molecule has 2 heterocycles. The molecule has 9 heteroatoms. The summed E-state index contributed by atoms with van der Waals surface area (Å²) in [5, 5.41) is 3.25. The van der Waals surface area contributed by atoms with Crippen LogP contribution in [-0.2, 0) is 17.5 Å². The van der Waals surface area contributed by atoms with Gasteiger partial charge in [0.25, 0.3) is 0 Å². The Balaban J connectivity index is 1.75. The largest absolute Gasteiger partial charge is 0.481 e. The molecule has 1 saturated heterocycles. The first-order valence-corrected chi connectivity index (χ1v) is 9.71. The molecule has 6 nitrogen and oxygen atoms in total. The van der Waals surface area contributed by atoms with Crippen molar-refractivity contribution in [2.45, 2.75) is 25.7 Å². The van der Waals surface area contributed by atoms with E-state index in [1.54, 1.807) is 19.4 Å². The number of hydrogen-bond acceptors (Lipinski definition) is 4. The first-order chi connectivity index (χ1) is 14.4. The lowest BCUT2D eigenvalue weighted by atomic mass is 10.0. The Morgan fingerprint density at radius 2 is 2.17 bits per heavy atom. The van der Waals surface area contributed by atoms with Crippen molar-refractivity contribution >= 4 is 5.96 Å². The van der Waals surface area contributed by atoms with Crippen molar-refractivity contribution in [3.63, 3.8) is 0 Å². The maximum atomic E-state index is 13.1. The molecular weight excluding hydrogens is 397 g/mol. The van der Waals surface area contributed by atoms with Crippen molar-refractivity contribution in [2.24, 2.45) is 4.99 Å². The Hall–Kier alpha value is -2.81. The average molecular weight is 422 g/mol. The Morgan fingerprint density at radius 1 is 1.33 bits per heavy atom. The molecule has 1 aliphatic rings. The van der Waals surface area contributed by atoms with E-state index in [1.165, 1.54) is 6.07 Å². The van der Waals surface area contributed by atoms with Crippen molar-refractivity contribution in [3.8, 4) is 5.88 Å². The number of nitrogens with one attached hydrogen (secondary N) is 1. The van der Waals surface area contributed by atoms with Crippen molar-refractivity contribution in [3.05, 3.63) is 59.3 Å². The number of ether oxygens (including phenoxy) is 2. The normalized spacial score (nSPS) is 17.7. The minimum absolute atomic E-state index is 0.397. The van der Waals surface area contributed by atoms with Gasteiger partial charge in [-0.05, 0) is 36.2 Å². The lowest BCUT2D eigenvalue weighted by molar-refractivity contribution is -0.137. The Labute approximate surface area is 173 Å². The van der Waals surface area contributed by atoms with Gasteiger partial charge in [-0.25, -0.2) is 9.98 Å². The van der Waals surface area contributed by atoms with Gasteiger partial charge < -0.3 is 19.7 Å². The summed E-state index contributed by atoms with van der Waals surface area (Å²) in [7, 11) is 1.56. The number of benzene rings is 1. The minimum Gasteiger partial charge on any atom is -0.481 e. The monoisotopic (exact) mass is 422 g/mol. The van der Waals surface area contributed by atoms with E-state index in [0.717, 1.165) is 17.7 Å². The molecule has 0 spiro atoms. The van der Waals surface area contributed by atoms with Gasteiger partial charge in [-0.1, -0.05) is 12.1 Å². The number of alkyl halides is 3. The zero-order valence-electron chi connectivity index (χ0n) is 16.9. The second-order valence-electron chi connectivity index (χ2n) is 6.81. The van der Waals surface area contributed by atoms with Gasteiger partial charge in [-0.15, -0.1) is 0 Å². The Bertz CT molecular complexity index is 873. The molecule has 162 valence electrons. The maximum absolute atomic E-state index is 13.1. The van der Waals surface area contributed by atoms with Crippen molar-refractivity contribution in [2.75, 3.05) is 33.4 Å². The van der Waals surface area contributed by atoms with Crippen molar-refractivity contribution < 1.29 is 22.6 Å². The summed E-state index contributed by atoms with van der Waals surface area (Å²) >= 11 is 0. The van der Waals surface area contributed by atoms with Gasteiger partial charge in [0.2, 0.25) is 5.88 Å². The van der Waals surface area contributed by atoms with E-state index in [-0.39, 0.29) is 0 Å². The highest BCUT2D eigenvalue weighted by atomic mass is 19.4. The average Bonchev–Trinajstić information content (AvgIpc) is 2.76. The van der Waals surface area contributed by atoms with E-state index < -0.39 is 17.8 Å². The molecule has 1 N–H and O–H groups in total. The molecule has 1 unspecified atom stereocenters. The van der Waals surface area contributed by atoms with Crippen LogP contribution < -0.4 is 10.1 Å². The van der Waals surface area contributed by atoms with Crippen LogP contribution in [0.25, 0.3) is 0 Å². The lowest BCUT2D eigenvalue weighted by Crippen LogP contribution is -2.48. The fourth-order valence-electron chi connectivity index (χ4n) is 3.21. The third kappa shape index (κ3) is 5.63. The highest BCUT2D eigenvalue weighted by molar-refractivity contribution is 5.80. The van der Waals surface area contributed by atoms with E-state index in [2.05, 4.69) is 15.3 Å². The van der Waals surface area contributed by atoms with E-state index in [0.29, 0.717) is 50.2 Å². The number of aromatic nitrogens is 1. The van der Waals surface area contributed by atoms with Crippen LogP contribution in [0.2, 0.25) is 0 Å². The molecule has 2 aromatic rings. The molecule has 0 aliphatic carbocycles. The standard InChI is InChI=1S/C21H25F3N4O2/c1-3-25-20(27-13-15-7-8-26-19(11-15)29-2)28-9-10-30-18(14-28)16-5-4-6-17(12-16)21(22,23)24/h4-8,11-12,18H,3,9-10,13-14H2,1-2H3,(H,25,27). The summed E-state index contributed by atoms with van der Waals surface area (Å²) < 4.78 is 50.1. The fourth-order valence-corrected chi connectivity index (χ4v) is 3.21. The SMILES string of the molecule is CCNC(=NCc1ccnc(OC)c1)N1CCOC(c2cccc(C(F)(F)F)c2)C1. The van der Waals surface area contributed by atoms with E-state index in [1.807, 2.05) is 24.0 Å². The molecule has 1 atom stereocenters. The number of guanidine groups is 1. The van der Waals surface area contributed by atoms with E-state index in [9.17, 15) is 13.2 Å². The third-order valence-electron chi connectivity index (χ3n) is 4.71.